The lowest BCUT2D eigenvalue weighted by Crippen LogP contribution is -2.37. The maximum Gasteiger partial charge on any atom is 0.162 e. The van der Waals surface area contributed by atoms with E-state index in [9.17, 15) is 4.79 Å². The van der Waals surface area contributed by atoms with E-state index < -0.39 is 0 Å². The molecule has 1 heterocycles. The minimum atomic E-state index is -0.0392. The van der Waals surface area contributed by atoms with Crippen molar-refractivity contribution in [2.75, 3.05) is 0 Å². The molecular formula is C19H30O2. The number of rotatable bonds is 0. The van der Waals surface area contributed by atoms with Crippen LogP contribution in [0.2, 0.25) is 0 Å². The fraction of sp³-hybridized carbons (Fsp3) is 0.842. The molecule has 0 amide bonds. The molecule has 2 nitrogen and oxygen atoms in total. The summed E-state index contributed by atoms with van der Waals surface area (Å²) in [6.45, 7) is 11.4. The van der Waals surface area contributed by atoms with E-state index in [1.165, 1.54) is 12.8 Å². The average Bonchev–Trinajstić information content (AvgIpc) is 2.65. The molecule has 2 heteroatoms. The number of hydrogen-bond acceptors (Lipinski definition) is 2. The second-order valence-corrected chi connectivity index (χ2v) is 9.44. The van der Waals surface area contributed by atoms with Gasteiger partial charge in [0.2, 0.25) is 0 Å². The Labute approximate surface area is 129 Å². The molecule has 3 rings (SSSR count). The highest BCUT2D eigenvalue weighted by molar-refractivity contribution is 5.97. The first-order chi connectivity index (χ1) is 9.60. The van der Waals surface area contributed by atoms with Gasteiger partial charge in [-0.1, -0.05) is 34.6 Å². The van der Waals surface area contributed by atoms with Crippen LogP contribution in [-0.2, 0) is 9.53 Å². The Morgan fingerprint density at radius 2 is 1.67 bits per heavy atom. The minimum Gasteiger partial charge on any atom is -0.491 e. The molecule has 3 aliphatic rings. The van der Waals surface area contributed by atoms with E-state index in [1.54, 1.807) is 0 Å². The maximum absolute atomic E-state index is 12.4. The SMILES string of the molecule is CC1(C)CC(=O)C2=C(C1)OC1(CCC(C(C)(C)C)CC1)C2. The van der Waals surface area contributed by atoms with Crippen LogP contribution in [0.3, 0.4) is 0 Å². The number of ketones is 1. The Bertz CT molecular complexity index is 482. The van der Waals surface area contributed by atoms with Crippen LogP contribution in [0, 0.1) is 16.7 Å². The zero-order valence-electron chi connectivity index (χ0n) is 14.3. The van der Waals surface area contributed by atoms with Crippen LogP contribution in [0.25, 0.3) is 0 Å². The van der Waals surface area contributed by atoms with Gasteiger partial charge in [0.05, 0.1) is 0 Å². The van der Waals surface area contributed by atoms with E-state index in [0.717, 1.165) is 42.9 Å². The number of carbonyl (C=O) groups excluding carboxylic acids is 1. The van der Waals surface area contributed by atoms with E-state index in [4.69, 9.17) is 4.74 Å². The number of allylic oxidation sites excluding steroid dienone is 1. The third-order valence-corrected chi connectivity index (χ3v) is 5.91. The monoisotopic (exact) mass is 290 g/mol. The lowest BCUT2D eigenvalue weighted by molar-refractivity contribution is -0.118. The first-order valence-corrected chi connectivity index (χ1v) is 8.55. The van der Waals surface area contributed by atoms with E-state index in [-0.39, 0.29) is 11.0 Å². The molecule has 1 saturated carbocycles. The molecule has 1 aliphatic heterocycles. The number of carbonyl (C=O) groups is 1. The summed E-state index contributed by atoms with van der Waals surface area (Å²) in [5, 5.41) is 0. The summed E-state index contributed by atoms with van der Waals surface area (Å²) >= 11 is 0. The smallest absolute Gasteiger partial charge is 0.162 e. The van der Waals surface area contributed by atoms with Crippen molar-refractivity contribution < 1.29 is 9.53 Å². The Morgan fingerprint density at radius 3 is 2.24 bits per heavy atom. The summed E-state index contributed by atoms with van der Waals surface area (Å²) in [5.41, 5.74) is 1.46. The molecule has 0 aromatic rings. The van der Waals surface area contributed by atoms with Gasteiger partial charge in [-0.05, 0) is 42.4 Å². The van der Waals surface area contributed by atoms with Crippen molar-refractivity contribution in [3.05, 3.63) is 11.3 Å². The quantitative estimate of drug-likeness (QED) is 0.626. The van der Waals surface area contributed by atoms with Crippen LogP contribution in [0.1, 0.15) is 79.6 Å². The fourth-order valence-electron chi connectivity index (χ4n) is 4.50. The molecule has 0 aromatic heterocycles. The average molecular weight is 290 g/mol. The summed E-state index contributed by atoms with van der Waals surface area (Å²) in [7, 11) is 0. The van der Waals surface area contributed by atoms with Gasteiger partial charge in [-0.25, -0.2) is 0 Å². The van der Waals surface area contributed by atoms with Gasteiger partial charge >= 0.3 is 0 Å². The van der Waals surface area contributed by atoms with Crippen molar-refractivity contribution in [1.82, 2.24) is 0 Å². The van der Waals surface area contributed by atoms with Crippen molar-refractivity contribution in [3.8, 4) is 0 Å². The molecule has 0 aromatic carbocycles. The lowest BCUT2D eigenvalue weighted by atomic mass is 9.67. The fourth-order valence-corrected chi connectivity index (χ4v) is 4.50. The highest BCUT2D eigenvalue weighted by Gasteiger charge is 2.49. The van der Waals surface area contributed by atoms with Gasteiger partial charge in [0.15, 0.2) is 5.78 Å². The summed E-state index contributed by atoms with van der Waals surface area (Å²) in [4.78, 5) is 12.4. The largest absolute Gasteiger partial charge is 0.491 e. The van der Waals surface area contributed by atoms with Crippen molar-refractivity contribution in [2.24, 2.45) is 16.7 Å². The van der Waals surface area contributed by atoms with E-state index in [2.05, 4.69) is 34.6 Å². The van der Waals surface area contributed by atoms with Gasteiger partial charge in [0.1, 0.15) is 11.4 Å². The molecule has 0 bridgehead atoms. The number of hydrogen-bond donors (Lipinski definition) is 0. The van der Waals surface area contributed by atoms with Gasteiger partial charge in [-0.3, -0.25) is 4.79 Å². The van der Waals surface area contributed by atoms with Gasteiger partial charge in [0.25, 0.3) is 0 Å². The second-order valence-electron chi connectivity index (χ2n) is 9.44. The third kappa shape index (κ3) is 2.78. The molecule has 118 valence electrons. The summed E-state index contributed by atoms with van der Waals surface area (Å²) in [6.07, 6.45) is 7.23. The molecule has 2 aliphatic carbocycles. The number of Topliss-reactive ketones (excluding diaryl/α,β-unsaturated/α-hetero) is 1. The predicted molar refractivity (Wildman–Crippen MR) is 84.9 cm³/mol. The molecule has 0 radical (unpaired) electrons. The maximum atomic E-state index is 12.4. The van der Waals surface area contributed by atoms with Crippen molar-refractivity contribution in [1.29, 1.82) is 0 Å². The van der Waals surface area contributed by atoms with Crippen LogP contribution in [0.4, 0.5) is 0 Å². The van der Waals surface area contributed by atoms with E-state index in [1.807, 2.05) is 0 Å². The van der Waals surface area contributed by atoms with Gasteiger partial charge in [0, 0.05) is 24.8 Å². The van der Waals surface area contributed by atoms with Crippen molar-refractivity contribution in [2.45, 2.75) is 85.2 Å². The first kappa shape index (κ1) is 15.1. The minimum absolute atomic E-state index is 0.0392. The van der Waals surface area contributed by atoms with Crippen LogP contribution in [-0.4, -0.2) is 11.4 Å². The Hall–Kier alpha value is -0.790. The number of ether oxygens (including phenoxy) is 1. The summed E-state index contributed by atoms with van der Waals surface area (Å²) in [6, 6.07) is 0. The third-order valence-electron chi connectivity index (χ3n) is 5.91. The standard InChI is InChI=1S/C19H30O2/c1-17(2,3)13-6-8-19(9-7-13)10-14-15(20)11-18(4,5)12-16(14)21-19/h13H,6-12H2,1-5H3. The highest BCUT2D eigenvalue weighted by Crippen LogP contribution is 2.53. The molecule has 0 unspecified atom stereocenters. The Kier molecular flexibility index (Phi) is 3.31. The van der Waals surface area contributed by atoms with Crippen LogP contribution < -0.4 is 0 Å². The Balaban J connectivity index is 1.71. The molecule has 0 N–H and O–H groups in total. The van der Waals surface area contributed by atoms with Crippen LogP contribution in [0.15, 0.2) is 11.3 Å². The zero-order valence-corrected chi connectivity index (χ0v) is 14.3. The van der Waals surface area contributed by atoms with Gasteiger partial charge in [-0.15, -0.1) is 0 Å². The lowest BCUT2D eigenvalue weighted by Gasteiger charge is -2.42. The molecule has 0 atom stereocenters. The Morgan fingerprint density at radius 1 is 1.05 bits per heavy atom. The predicted octanol–water partition coefficient (Wildman–Crippen LogP) is 5.03. The van der Waals surface area contributed by atoms with Gasteiger partial charge < -0.3 is 4.74 Å². The van der Waals surface area contributed by atoms with E-state index in [0.29, 0.717) is 17.6 Å². The summed E-state index contributed by atoms with van der Waals surface area (Å²) < 4.78 is 6.42. The zero-order chi connectivity index (χ0) is 15.5. The molecule has 21 heavy (non-hydrogen) atoms. The van der Waals surface area contributed by atoms with Crippen molar-refractivity contribution >= 4 is 5.78 Å². The highest BCUT2D eigenvalue weighted by atomic mass is 16.5. The van der Waals surface area contributed by atoms with Crippen molar-refractivity contribution in [3.63, 3.8) is 0 Å². The normalized spacial score (nSPS) is 35.9. The van der Waals surface area contributed by atoms with E-state index >= 15 is 0 Å². The van der Waals surface area contributed by atoms with Crippen LogP contribution in [0.5, 0.6) is 0 Å². The van der Waals surface area contributed by atoms with Gasteiger partial charge in [-0.2, -0.15) is 0 Å². The molecule has 1 spiro atoms. The van der Waals surface area contributed by atoms with Crippen LogP contribution >= 0.6 is 0 Å². The first-order valence-electron chi connectivity index (χ1n) is 8.55. The molecular weight excluding hydrogens is 260 g/mol. The second kappa shape index (κ2) is 4.60. The summed E-state index contributed by atoms with van der Waals surface area (Å²) in [5.74, 6) is 2.16. The topological polar surface area (TPSA) is 26.3 Å². The molecule has 1 fully saturated rings. The molecule has 0 saturated heterocycles.